The number of nitriles is 1. The Bertz CT molecular complexity index is 902. The number of nitrogens with one attached hydrogen (secondary N) is 1. The van der Waals surface area contributed by atoms with Gasteiger partial charge >= 0.3 is 0 Å². The number of amides is 1. The largest absolute Gasteiger partial charge is 0.494 e. The minimum atomic E-state index is -0.508. The van der Waals surface area contributed by atoms with Crippen LogP contribution in [0.15, 0.2) is 46.4 Å². The average molecular weight is 445 g/mol. The molecular formula is C21H21BrN2O4. The van der Waals surface area contributed by atoms with Crippen molar-refractivity contribution in [3.05, 3.63) is 52.0 Å². The Morgan fingerprint density at radius 3 is 2.39 bits per heavy atom. The molecule has 2 aromatic carbocycles. The van der Waals surface area contributed by atoms with Crippen molar-refractivity contribution >= 4 is 33.6 Å². The fourth-order valence-electron chi connectivity index (χ4n) is 2.39. The fourth-order valence-corrected chi connectivity index (χ4v) is 2.83. The molecule has 2 aromatic rings. The van der Waals surface area contributed by atoms with E-state index in [1.807, 2.05) is 19.9 Å². The van der Waals surface area contributed by atoms with E-state index in [9.17, 15) is 10.1 Å². The molecule has 1 amide bonds. The van der Waals surface area contributed by atoms with Gasteiger partial charge in [0.25, 0.3) is 5.91 Å². The lowest BCUT2D eigenvalue weighted by Crippen LogP contribution is -2.13. The van der Waals surface area contributed by atoms with Crippen LogP contribution in [0.2, 0.25) is 0 Å². The lowest BCUT2D eigenvalue weighted by molar-refractivity contribution is -0.112. The zero-order valence-corrected chi connectivity index (χ0v) is 17.5. The van der Waals surface area contributed by atoms with Gasteiger partial charge in [-0.3, -0.25) is 4.79 Å². The lowest BCUT2D eigenvalue weighted by atomic mass is 10.1. The molecule has 0 saturated carbocycles. The summed E-state index contributed by atoms with van der Waals surface area (Å²) in [6.07, 6.45) is 1.49. The first-order chi connectivity index (χ1) is 13.5. The topological polar surface area (TPSA) is 80.6 Å². The molecular weight excluding hydrogens is 424 g/mol. The van der Waals surface area contributed by atoms with Crippen molar-refractivity contribution in [2.45, 2.75) is 13.8 Å². The number of anilines is 1. The van der Waals surface area contributed by atoms with Gasteiger partial charge in [0.1, 0.15) is 17.4 Å². The molecule has 0 saturated heterocycles. The molecule has 0 bridgehead atoms. The van der Waals surface area contributed by atoms with E-state index in [4.69, 9.17) is 14.2 Å². The van der Waals surface area contributed by atoms with Crippen LogP contribution in [0.5, 0.6) is 17.2 Å². The summed E-state index contributed by atoms with van der Waals surface area (Å²) >= 11 is 3.44. The third kappa shape index (κ3) is 5.51. The van der Waals surface area contributed by atoms with Crippen LogP contribution in [0.4, 0.5) is 5.69 Å². The molecule has 0 fully saturated rings. The van der Waals surface area contributed by atoms with Crippen molar-refractivity contribution in [3.8, 4) is 23.3 Å². The highest BCUT2D eigenvalue weighted by molar-refractivity contribution is 9.10. The maximum absolute atomic E-state index is 12.5. The van der Waals surface area contributed by atoms with E-state index >= 15 is 0 Å². The molecule has 0 aliphatic carbocycles. The van der Waals surface area contributed by atoms with Gasteiger partial charge < -0.3 is 19.5 Å². The van der Waals surface area contributed by atoms with Gasteiger partial charge in [0.15, 0.2) is 11.5 Å². The third-order valence-corrected chi connectivity index (χ3v) is 4.36. The minimum absolute atomic E-state index is 0.0409. The maximum Gasteiger partial charge on any atom is 0.266 e. The molecule has 0 unspecified atom stereocenters. The number of methoxy groups -OCH3 is 1. The summed E-state index contributed by atoms with van der Waals surface area (Å²) in [5, 5.41) is 12.1. The predicted molar refractivity (Wildman–Crippen MR) is 112 cm³/mol. The first-order valence-electron chi connectivity index (χ1n) is 8.68. The highest BCUT2D eigenvalue weighted by Gasteiger charge is 2.13. The summed E-state index contributed by atoms with van der Waals surface area (Å²) in [4.78, 5) is 12.5. The first kappa shape index (κ1) is 21.3. The second-order valence-electron chi connectivity index (χ2n) is 5.54. The fraction of sp³-hybridized carbons (Fsp3) is 0.238. The molecule has 6 nitrogen and oxygen atoms in total. The number of hydrogen-bond donors (Lipinski definition) is 1. The normalized spacial score (nSPS) is 10.8. The van der Waals surface area contributed by atoms with Crippen LogP contribution >= 0.6 is 15.9 Å². The quantitative estimate of drug-likeness (QED) is 0.467. The van der Waals surface area contributed by atoms with Crippen molar-refractivity contribution < 1.29 is 19.0 Å². The average Bonchev–Trinajstić information content (AvgIpc) is 2.69. The monoisotopic (exact) mass is 444 g/mol. The van der Waals surface area contributed by atoms with Crippen molar-refractivity contribution in [1.29, 1.82) is 5.26 Å². The number of carbonyl (C=O) groups is 1. The third-order valence-electron chi connectivity index (χ3n) is 3.67. The lowest BCUT2D eigenvalue weighted by Gasteiger charge is -2.12. The molecule has 1 N–H and O–H groups in total. The summed E-state index contributed by atoms with van der Waals surface area (Å²) in [6, 6.07) is 12.3. The number of ether oxygens (including phenoxy) is 3. The smallest absolute Gasteiger partial charge is 0.266 e. The summed E-state index contributed by atoms with van der Waals surface area (Å²) in [7, 11) is 1.53. The van der Waals surface area contributed by atoms with E-state index in [2.05, 4.69) is 21.2 Å². The van der Waals surface area contributed by atoms with Crippen LogP contribution < -0.4 is 19.5 Å². The molecule has 2 rings (SSSR count). The van der Waals surface area contributed by atoms with Crippen LogP contribution in [0.1, 0.15) is 19.4 Å². The standard InChI is InChI=1S/C21H21BrN2O4/c1-4-27-17-8-6-16(7-9-17)24-21(25)15(13-23)10-14-11-19(26-3)20(28-5-2)12-18(14)22/h6-12H,4-5H2,1-3H3,(H,24,25)/b15-10-. The van der Waals surface area contributed by atoms with Gasteiger partial charge in [-0.1, -0.05) is 15.9 Å². The molecule has 7 heteroatoms. The molecule has 0 heterocycles. The second-order valence-corrected chi connectivity index (χ2v) is 6.39. The molecule has 0 aromatic heterocycles. The van der Waals surface area contributed by atoms with Gasteiger partial charge in [0.2, 0.25) is 0 Å². The van der Waals surface area contributed by atoms with Crippen LogP contribution in [0.25, 0.3) is 6.08 Å². The SMILES string of the molecule is CCOc1ccc(NC(=O)/C(C#N)=C\c2cc(OC)c(OCC)cc2Br)cc1. The van der Waals surface area contributed by atoms with Gasteiger partial charge in [-0.2, -0.15) is 5.26 Å². The molecule has 0 radical (unpaired) electrons. The van der Waals surface area contributed by atoms with E-state index in [0.29, 0.717) is 46.2 Å². The van der Waals surface area contributed by atoms with Crippen molar-refractivity contribution in [3.63, 3.8) is 0 Å². The van der Waals surface area contributed by atoms with E-state index in [1.165, 1.54) is 13.2 Å². The Morgan fingerprint density at radius 2 is 1.82 bits per heavy atom. The molecule has 0 aliphatic rings. The Morgan fingerprint density at radius 1 is 1.14 bits per heavy atom. The van der Waals surface area contributed by atoms with Gasteiger partial charge in [-0.15, -0.1) is 0 Å². The molecule has 28 heavy (non-hydrogen) atoms. The van der Waals surface area contributed by atoms with Crippen molar-refractivity contribution in [1.82, 2.24) is 0 Å². The number of halogens is 1. The highest BCUT2D eigenvalue weighted by Crippen LogP contribution is 2.34. The summed E-state index contributed by atoms with van der Waals surface area (Å²) in [5.74, 6) is 1.29. The first-order valence-corrected chi connectivity index (χ1v) is 9.48. The van der Waals surface area contributed by atoms with Gasteiger partial charge in [0.05, 0.1) is 20.3 Å². The Labute approximate surface area is 172 Å². The minimum Gasteiger partial charge on any atom is -0.494 e. The van der Waals surface area contributed by atoms with Crippen LogP contribution in [0, 0.1) is 11.3 Å². The van der Waals surface area contributed by atoms with E-state index in [-0.39, 0.29) is 5.57 Å². The number of carbonyl (C=O) groups excluding carboxylic acids is 1. The molecule has 146 valence electrons. The van der Waals surface area contributed by atoms with Gasteiger partial charge in [-0.25, -0.2) is 0 Å². The second kappa shape index (κ2) is 10.4. The Kier molecular flexibility index (Phi) is 7.90. The van der Waals surface area contributed by atoms with Gasteiger partial charge in [-0.05, 0) is 61.9 Å². The van der Waals surface area contributed by atoms with Crippen LogP contribution in [-0.2, 0) is 4.79 Å². The van der Waals surface area contributed by atoms with Crippen molar-refractivity contribution in [2.24, 2.45) is 0 Å². The van der Waals surface area contributed by atoms with E-state index in [1.54, 1.807) is 36.4 Å². The maximum atomic E-state index is 12.5. The van der Waals surface area contributed by atoms with E-state index < -0.39 is 5.91 Å². The summed E-state index contributed by atoms with van der Waals surface area (Å²) < 4.78 is 16.9. The molecule has 0 aliphatic heterocycles. The number of rotatable bonds is 8. The van der Waals surface area contributed by atoms with Crippen molar-refractivity contribution in [2.75, 3.05) is 25.6 Å². The Hall–Kier alpha value is -2.98. The zero-order chi connectivity index (χ0) is 20.5. The number of benzene rings is 2. The Balaban J connectivity index is 2.25. The molecule has 0 spiro atoms. The van der Waals surface area contributed by atoms with Gasteiger partial charge in [0, 0.05) is 10.2 Å². The van der Waals surface area contributed by atoms with Crippen LogP contribution in [0.3, 0.4) is 0 Å². The zero-order valence-electron chi connectivity index (χ0n) is 15.9. The summed E-state index contributed by atoms with van der Waals surface area (Å²) in [5.41, 5.74) is 1.15. The molecule has 0 atom stereocenters. The predicted octanol–water partition coefficient (Wildman–Crippen LogP) is 4.80. The van der Waals surface area contributed by atoms with Crippen LogP contribution in [-0.4, -0.2) is 26.2 Å². The summed E-state index contributed by atoms with van der Waals surface area (Å²) in [6.45, 7) is 4.83. The number of hydrogen-bond acceptors (Lipinski definition) is 5. The highest BCUT2D eigenvalue weighted by atomic mass is 79.9. The van der Waals surface area contributed by atoms with E-state index in [0.717, 1.165) is 0 Å². The number of nitrogens with zero attached hydrogens (tertiary/aromatic N) is 1.